The number of thioether (sulfide) groups is 1. The summed E-state index contributed by atoms with van der Waals surface area (Å²) < 4.78 is 27.2. The third-order valence-electron chi connectivity index (χ3n) is 3.26. The van der Waals surface area contributed by atoms with Crippen LogP contribution >= 0.6 is 11.8 Å². The summed E-state index contributed by atoms with van der Waals surface area (Å²) >= 11 is 1.39. The molecule has 0 aliphatic carbocycles. The molecule has 0 saturated carbocycles. The van der Waals surface area contributed by atoms with Gasteiger partial charge >= 0.3 is 5.97 Å². The number of hydrogen-bond acceptors (Lipinski definition) is 6. The maximum atomic E-state index is 12.1. The molecule has 116 valence electrons. The Bertz CT molecular complexity index is 635. The molecule has 2 heterocycles. The average Bonchev–Trinajstić information content (AvgIpc) is 2.61. The van der Waals surface area contributed by atoms with Crippen molar-refractivity contribution in [2.24, 2.45) is 0 Å². The minimum Gasteiger partial charge on any atom is -0.460 e. The van der Waals surface area contributed by atoms with Crippen molar-refractivity contribution in [2.75, 3.05) is 12.9 Å². The average molecular weight is 331 g/mol. The highest BCUT2D eigenvalue weighted by Gasteiger charge is 2.61. The quantitative estimate of drug-likeness (QED) is 0.327. The van der Waals surface area contributed by atoms with E-state index in [1.54, 1.807) is 0 Å². The van der Waals surface area contributed by atoms with Gasteiger partial charge in [-0.15, -0.1) is 11.8 Å². The Morgan fingerprint density at radius 2 is 2.14 bits per heavy atom. The first-order valence-corrected chi connectivity index (χ1v) is 9.11. The molecule has 2 saturated heterocycles. The number of carbonyl (C=O) groups excluding carboxylic acids is 2. The predicted molar refractivity (Wildman–Crippen MR) is 80.2 cm³/mol. The van der Waals surface area contributed by atoms with E-state index in [-0.39, 0.29) is 12.2 Å². The fourth-order valence-electron chi connectivity index (χ4n) is 2.46. The maximum absolute atomic E-state index is 12.1. The summed E-state index contributed by atoms with van der Waals surface area (Å²) in [4.78, 5) is 25.7. The molecule has 8 heteroatoms. The van der Waals surface area contributed by atoms with E-state index < -0.39 is 37.9 Å². The van der Waals surface area contributed by atoms with Crippen molar-refractivity contribution in [3.05, 3.63) is 23.6 Å². The van der Waals surface area contributed by atoms with Crippen LogP contribution in [0.25, 0.3) is 0 Å². The first-order chi connectivity index (χ1) is 9.58. The second-order valence-corrected chi connectivity index (χ2v) is 9.14. The summed E-state index contributed by atoms with van der Waals surface area (Å²) in [6.07, 6.45) is 2.49. The number of β-lactam (4-membered cyclic amide) rings is 1. The third-order valence-corrected chi connectivity index (χ3v) is 5.48. The second-order valence-electron chi connectivity index (χ2n) is 5.51. The Labute approximate surface area is 128 Å². The highest BCUT2D eigenvalue weighted by Crippen LogP contribution is 2.53. The minimum absolute atomic E-state index is 0.0782. The number of rotatable bonds is 4. The van der Waals surface area contributed by atoms with Gasteiger partial charge in [0.05, 0.1) is 5.57 Å². The van der Waals surface area contributed by atoms with Crippen molar-refractivity contribution in [3.8, 4) is 0 Å². The molecule has 0 radical (unpaired) electrons. The standard InChI is InChI=1S/C13H17NO5S2/c1-5-6-19-12(16)9-13(2,3)20-11-8(7-21(4,17)18)10(15)14(9)11/h5,7,9,11H,1,6H2,2-4H3/b8-7-/t9-,11+/m0/s1. The van der Waals surface area contributed by atoms with Crippen LogP contribution in [0.1, 0.15) is 13.8 Å². The third kappa shape index (κ3) is 2.87. The Morgan fingerprint density at radius 1 is 1.52 bits per heavy atom. The summed E-state index contributed by atoms with van der Waals surface area (Å²) in [7, 11) is -3.40. The van der Waals surface area contributed by atoms with Gasteiger partial charge in [-0.1, -0.05) is 12.7 Å². The monoisotopic (exact) mass is 331 g/mol. The summed E-state index contributed by atoms with van der Waals surface area (Å²) in [5, 5.41) is 0.570. The Hall–Kier alpha value is -1.28. The SMILES string of the molecule is C=CCOC(=O)[C@@H]1N2C(=O)/C(=C/S(C)(=O)=O)[C@H]2SC1(C)C. The van der Waals surface area contributed by atoms with Crippen LogP contribution < -0.4 is 0 Å². The van der Waals surface area contributed by atoms with Crippen molar-refractivity contribution < 1.29 is 22.7 Å². The molecular weight excluding hydrogens is 314 g/mol. The number of amides is 1. The number of nitrogens with zero attached hydrogens (tertiary/aromatic N) is 1. The second kappa shape index (κ2) is 5.17. The fourth-order valence-corrected chi connectivity index (χ4v) is 4.78. The van der Waals surface area contributed by atoms with Crippen molar-refractivity contribution in [3.63, 3.8) is 0 Å². The van der Waals surface area contributed by atoms with Crippen LogP contribution in [-0.4, -0.2) is 54.2 Å². The number of carbonyl (C=O) groups is 2. The van der Waals surface area contributed by atoms with Crippen molar-refractivity contribution in [1.82, 2.24) is 4.90 Å². The minimum atomic E-state index is -3.40. The summed E-state index contributed by atoms with van der Waals surface area (Å²) in [6.45, 7) is 7.22. The van der Waals surface area contributed by atoms with E-state index in [4.69, 9.17) is 4.74 Å². The van der Waals surface area contributed by atoms with E-state index in [0.717, 1.165) is 11.7 Å². The molecule has 21 heavy (non-hydrogen) atoms. The lowest BCUT2D eigenvalue weighted by Crippen LogP contribution is -2.59. The topological polar surface area (TPSA) is 80.8 Å². The lowest BCUT2D eigenvalue weighted by molar-refractivity contribution is -0.156. The van der Waals surface area contributed by atoms with E-state index in [1.807, 2.05) is 13.8 Å². The molecule has 0 aromatic heterocycles. The molecule has 0 spiro atoms. The molecule has 0 unspecified atom stereocenters. The normalized spacial score (nSPS) is 29.0. The molecule has 2 fully saturated rings. The van der Waals surface area contributed by atoms with E-state index >= 15 is 0 Å². The molecular formula is C13H17NO5S2. The first kappa shape index (κ1) is 16.1. The summed E-state index contributed by atoms with van der Waals surface area (Å²) in [6, 6.07) is -0.725. The van der Waals surface area contributed by atoms with Crippen LogP contribution in [0.3, 0.4) is 0 Å². The molecule has 1 amide bonds. The number of hydrogen-bond donors (Lipinski definition) is 0. The van der Waals surface area contributed by atoms with Gasteiger partial charge < -0.3 is 9.64 Å². The Morgan fingerprint density at radius 3 is 2.67 bits per heavy atom. The molecule has 0 bridgehead atoms. The lowest BCUT2D eigenvalue weighted by Gasteiger charge is -2.39. The van der Waals surface area contributed by atoms with Gasteiger partial charge in [0, 0.05) is 16.4 Å². The van der Waals surface area contributed by atoms with Crippen molar-refractivity contribution in [1.29, 1.82) is 0 Å². The van der Waals surface area contributed by atoms with Crippen molar-refractivity contribution >= 4 is 33.5 Å². The zero-order chi connectivity index (χ0) is 16.0. The van der Waals surface area contributed by atoms with Gasteiger partial charge in [0.25, 0.3) is 5.91 Å². The lowest BCUT2D eigenvalue weighted by atomic mass is 9.96. The number of fused-ring (bicyclic) bond motifs is 1. The zero-order valence-corrected chi connectivity index (χ0v) is 13.7. The molecule has 0 aromatic carbocycles. The molecule has 2 atom stereocenters. The van der Waals surface area contributed by atoms with E-state index in [0.29, 0.717) is 0 Å². The van der Waals surface area contributed by atoms with Gasteiger partial charge in [0.1, 0.15) is 18.0 Å². The largest absolute Gasteiger partial charge is 0.460 e. The Balaban J connectivity index is 2.28. The van der Waals surface area contributed by atoms with Gasteiger partial charge in [-0.2, -0.15) is 0 Å². The van der Waals surface area contributed by atoms with Crippen LogP contribution in [0.4, 0.5) is 0 Å². The van der Waals surface area contributed by atoms with Crippen molar-refractivity contribution in [2.45, 2.75) is 30.0 Å². The van der Waals surface area contributed by atoms with E-state index in [2.05, 4.69) is 6.58 Å². The van der Waals surface area contributed by atoms with Crippen LogP contribution in [-0.2, 0) is 24.2 Å². The van der Waals surface area contributed by atoms with Crippen LogP contribution in [0.15, 0.2) is 23.6 Å². The predicted octanol–water partition coefficient (Wildman–Crippen LogP) is 0.706. The molecule has 2 aliphatic heterocycles. The Kier molecular flexibility index (Phi) is 3.96. The zero-order valence-electron chi connectivity index (χ0n) is 12.0. The number of ether oxygens (including phenoxy) is 1. The molecule has 0 N–H and O–H groups in total. The highest BCUT2D eigenvalue weighted by atomic mass is 32.2. The smallest absolute Gasteiger partial charge is 0.330 e. The van der Waals surface area contributed by atoms with Gasteiger partial charge in [0.15, 0.2) is 9.84 Å². The number of esters is 1. The summed E-state index contributed by atoms with van der Waals surface area (Å²) in [5.41, 5.74) is 0.217. The summed E-state index contributed by atoms with van der Waals surface area (Å²) in [5.74, 6) is -0.925. The van der Waals surface area contributed by atoms with Gasteiger partial charge in [-0.25, -0.2) is 13.2 Å². The highest BCUT2D eigenvalue weighted by molar-refractivity contribution is 8.02. The number of sulfone groups is 1. The van der Waals surface area contributed by atoms with E-state index in [9.17, 15) is 18.0 Å². The first-order valence-electron chi connectivity index (χ1n) is 6.28. The van der Waals surface area contributed by atoms with Gasteiger partial charge in [-0.3, -0.25) is 4.79 Å². The maximum Gasteiger partial charge on any atom is 0.330 e. The van der Waals surface area contributed by atoms with Gasteiger partial charge in [0.2, 0.25) is 0 Å². The molecule has 2 rings (SSSR count). The van der Waals surface area contributed by atoms with E-state index in [1.165, 1.54) is 22.7 Å². The van der Waals surface area contributed by atoms with Crippen LogP contribution in [0.5, 0.6) is 0 Å². The van der Waals surface area contributed by atoms with Crippen LogP contribution in [0, 0.1) is 0 Å². The fraction of sp³-hybridized carbons (Fsp3) is 0.538. The molecule has 0 aromatic rings. The molecule has 6 nitrogen and oxygen atoms in total. The van der Waals surface area contributed by atoms with Gasteiger partial charge in [-0.05, 0) is 13.8 Å². The molecule has 2 aliphatic rings. The van der Waals surface area contributed by atoms with Crippen LogP contribution in [0.2, 0.25) is 0 Å².